The highest BCUT2D eigenvalue weighted by Gasteiger charge is 2.35. The van der Waals surface area contributed by atoms with Crippen LogP contribution >= 0.6 is 0 Å². The molecule has 1 aliphatic carbocycles. The lowest BCUT2D eigenvalue weighted by Crippen LogP contribution is -2.48. The predicted octanol–water partition coefficient (Wildman–Crippen LogP) is 0.927. The third-order valence-electron chi connectivity index (χ3n) is 3.86. The molecule has 20 heavy (non-hydrogen) atoms. The SMILES string of the molecule is O=C(NNC(=O)N1C[C@H]2CC=CC[C@H]2C1)c1ccon1. The quantitative estimate of drug-likeness (QED) is 0.590. The summed E-state index contributed by atoms with van der Waals surface area (Å²) in [6, 6.07) is 1.15. The van der Waals surface area contributed by atoms with E-state index in [0.717, 1.165) is 25.9 Å². The Morgan fingerprint density at radius 1 is 1.20 bits per heavy atom. The molecule has 1 saturated heterocycles. The number of hydrogen-bond acceptors (Lipinski definition) is 4. The minimum Gasteiger partial charge on any atom is -0.364 e. The van der Waals surface area contributed by atoms with Gasteiger partial charge in [0.2, 0.25) is 0 Å². The molecule has 2 heterocycles. The van der Waals surface area contributed by atoms with Crippen LogP contribution in [0, 0.1) is 11.8 Å². The molecule has 7 heteroatoms. The van der Waals surface area contributed by atoms with Gasteiger partial charge in [-0.15, -0.1) is 0 Å². The zero-order chi connectivity index (χ0) is 13.9. The number of nitrogens with one attached hydrogen (secondary N) is 2. The zero-order valence-corrected chi connectivity index (χ0v) is 10.9. The van der Waals surface area contributed by atoms with Gasteiger partial charge >= 0.3 is 6.03 Å². The highest BCUT2D eigenvalue weighted by Crippen LogP contribution is 2.32. The second-order valence-corrected chi connectivity index (χ2v) is 5.14. The smallest absolute Gasteiger partial charge is 0.336 e. The van der Waals surface area contributed by atoms with Gasteiger partial charge in [-0.2, -0.15) is 0 Å². The molecule has 0 bridgehead atoms. The Bertz CT molecular complexity index is 510. The second kappa shape index (κ2) is 5.36. The lowest BCUT2D eigenvalue weighted by molar-refractivity contribution is 0.0922. The summed E-state index contributed by atoms with van der Waals surface area (Å²) >= 11 is 0. The summed E-state index contributed by atoms with van der Waals surface area (Å²) in [6.45, 7) is 1.47. The summed E-state index contributed by atoms with van der Waals surface area (Å²) in [4.78, 5) is 25.3. The number of carbonyl (C=O) groups excluding carboxylic acids is 2. The van der Waals surface area contributed by atoms with Crippen LogP contribution in [0.5, 0.6) is 0 Å². The van der Waals surface area contributed by atoms with Crippen molar-refractivity contribution < 1.29 is 14.1 Å². The van der Waals surface area contributed by atoms with Crippen LogP contribution < -0.4 is 10.9 Å². The summed E-state index contributed by atoms with van der Waals surface area (Å²) in [5.74, 6) is 0.583. The molecule has 2 N–H and O–H groups in total. The monoisotopic (exact) mass is 276 g/mol. The van der Waals surface area contributed by atoms with Gasteiger partial charge in [0, 0.05) is 19.2 Å². The fraction of sp³-hybridized carbons (Fsp3) is 0.462. The lowest BCUT2D eigenvalue weighted by atomic mass is 9.86. The maximum atomic E-state index is 12.0. The molecular formula is C13H16N4O3. The number of hydrazine groups is 1. The molecule has 0 unspecified atom stereocenters. The Labute approximate surface area is 115 Å². The van der Waals surface area contributed by atoms with E-state index in [2.05, 4.69) is 32.7 Å². The minimum absolute atomic E-state index is 0.129. The first-order valence-corrected chi connectivity index (χ1v) is 6.64. The highest BCUT2D eigenvalue weighted by molar-refractivity contribution is 5.93. The van der Waals surface area contributed by atoms with E-state index in [1.54, 1.807) is 4.90 Å². The molecule has 1 fully saturated rings. The number of rotatable bonds is 1. The molecule has 1 aliphatic heterocycles. The molecular weight excluding hydrogens is 260 g/mol. The van der Waals surface area contributed by atoms with Crippen molar-refractivity contribution in [3.05, 3.63) is 30.2 Å². The second-order valence-electron chi connectivity index (χ2n) is 5.14. The average molecular weight is 276 g/mol. The molecule has 106 valence electrons. The van der Waals surface area contributed by atoms with Crippen molar-refractivity contribution in [1.82, 2.24) is 20.9 Å². The average Bonchev–Trinajstić information content (AvgIpc) is 3.12. The summed E-state index contributed by atoms with van der Waals surface area (Å²) in [5, 5.41) is 3.49. The molecule has 3 rings (SSSR count). The highest BCUT2D eigenvalue weighted by atomic mass is 16.5. The summed E-state index contributed by atoms with van der Waals surface area (Å²) in [6.07, 6.45) is 7.71. The first-order chi connectivity index (χ1) is 9.74. The van der Waals surface area contributed by atoms with Crippen LogP contribution in [0.3, 0.4) is 0 Å². The molecule has 2 aliphatic rings. The van der Waals surface area contributed by atoms with Gasteiger partial charge in [-0.3, -0.25) is 10.2 Å². The number of fused-ring (bicyclic) bond motifs is 1. The number of amides is 3. The van der Waals surface area contributed by atoms with E-state index in [4.69, 9.17) is 0 Å². The van der Waals surface area contributed by atoms with E-state index in [-0.39, 0.29) is 11.7 Å². The molecule has 0 aromatic carbocycles. The number of aromatic nitrogens is 1. The molecule has 2 atom stereocenters. The van der Waals surface area contributed by atoms with Crippen molar-refractivity contribution in [3.8, 4) is 0 Å². The lowest BCUT2D eigenvalue weighted by Gasteiger charge is -2.17. The van der Waals surface area contributed by atoms with E-state index < -0.39 is 5.91 Å². The first-order valence-electron chi connectivity index (χ1n) is 6.64. The molecule has 0 saturated carbocycles. The van der Waals surface area contributed by atoms with Crippen molar-refractivity contribution in [2.75, 3.05) is 13.1 Å². The van der Waals surface area contributed by atoms with Gasteiger partial charge in [0.1, 0.15) is 6.26 Å². The number of hydrogen-bond donors (Lipinski definition) is 2. The maximum absolute atomic E-state index is 12.0. The molecule has 1 aromatic rings. The van der Waals surface area contributed by atoms with Gasteiger partial charge in [-0.05, 0) is 24.7 Å². The Kier molecular flexibility index (Phi) is 3.41. The van der Waals surface area contributed by atoms with E-state index >= 15 is 0 Å². The molecule has 0 radical (unpaired) electrons. The van der Waals surface area contributed by atoms with E-state index in [9.17, 15) is 9.59 Å². The van der Waals surface area contributed by atoms with Crippen LogP contribution in [0.15, 0.2) is 29.0 Å². The largest absolute Gasteiger partial charge is 0.364 e. The summed E-state index contributed by atoms with van der Waals surface area (Å²) in [5.41, 5.74) is 4.86. The van der Waals surface area contributed by atoms with Crippen molar-refractivity contribution in [2.24, 2.45) is 11.8 Å². The van der Waals surface area contributed by atoms with Gasteiger partial charge in [0.15, 0.2) is 5.69 Å². The molecule has 7 nitrogen and oxygen atoms in total. The van der Waals surface area contributed by atoms with Gasteiger partial charge in [-0.1, -0.05) is 17.3 Å². The maximum Gasteiger partial charge on any atom is 0.336 e. The van der Waals surface area contributed by atoms with Crippen LogP contribution in [0.1, 0.15) is 23.3 Å². The normalized spacial score (nSPS) is 24.3. The predicted molar refractivity (Wildman–Crippen MR) is 69.4 cm³/mol. The van der Waals surface area contributed by atoms with Gasteiger partial charge in [0.25, 0.3) is 5.91 Å². The van der Waals surface area contributed by atoms with Gasteiger partial charge in [-0.25, -0.2) is 10.2 Å². The fourth-order valence-corrected chi connectivity index (χ4v) is 2.76. The van der Waals surface area contributed by atoms with Gasteiger partial charge in [0.05, 0.1) is 0 Å². The van der Waals surface area contributed by atoms with Crippen LogP contribution in [-0.4, -0.2) is 35.1 Å². The number of nitrogens with zero attached hydrogens (tertiary/aromatic N) is 2. The van der Waals surface area contributed by atoms with Gasteiger partial charge < -0.3 is 9.42 Å². The summed E-state index contributed by atoms with van der Waals surface area (Å²) < 4.78 is 4.57. The van der Waals surface area contributed by atoms with Crippen molar-refractivity contribution in [2.45, 2.75) is 12.8 Å². The third kappa shape index (κ3) is 2.52. The Hall–Kier alpha value is -2.31. The van der Waals surface area contributed by atoms with E-state index in [0.29, 0.717) is 11.8 Å². The minimum atomic E-state index is -0.495. The van der Waals surface area contributed by atoms with Crippen LogP contribution in [-0.2, 0) is 0 Å². The fourth-order valence-electron chi connectivity index (χ4n) is 2.76. The number of likely N-dealkylation sites (tertiary alicyclic amines) is 1. The number of carbonyl (C=O) groups is 2. The van der Waals surface area contributed by atoms with Crippen LogP contribution in [0.4, 0.5) is 4.79 Å². The van der Waals surface area contributed by atoms with Crippen LogP contribution in [0.25, 0.3) is 0 Å². The summed E-state index contributed by atoms with van der Waals surface area (Å²) in [7, 11) is 0. The third-order valence-corrected chi connectivity index (χ3v) is 3.86. The Balaban J connectivity index is 1.49. The molecule has 3 amide bonds. The van der Waals surface area contributed by atoms with Crippen molar-refractivity contribution in [1.29, 1.82) is 0 Å². The van der Waals surface area contributed by atoms with E-state index in [1.807, 2.05) is 0 Å². The Morgan fingerprint density at radius 2 is 1.90 bits per heavy atom. The van der Waals surface area contributed by atoms with Crippen LogP contribution in [0.2, 0.25) is 0 Å². The number of allylic oxidation sites excluding steroid dienone is 2. The molecule has 0 spiro atoms. The standard InChI is InChI=1S/C13H16N4O3/c18-12(11-5-6-20-16-11)14-15-13(19)17-7-9-3-1-2-4-10(9)8-17/h1-2,5-6,9-10H,3-4,7-8H2,(H,14,18)(H,15,19)/t9-,10+. The molecule has 1 aromatic heterocycles. The Morgan fingerprint density at radius 3 is 2.50 bits per heavy atom. The van der Waals surface area contributed by atoms with Crippen molar-refractivity contribution >= 4 is 11.9 Å². The zero-order valence-electron chi connectivity index (χ0n) is 10.9. The van der Waals surface area contributed by atoms with Crippen molar-refractivity contribution in [3.63, 3.8) is 0 Å². The first kappa shape index (κ1) is 12.7. The van der Waals surface area contributed by atoms with E-state index in [1.165, 1.54) is 12.3 Å². The number of urea groups is 1. The topological polar surface area (TPSA) is 87.5 Å².